The predicted octanol–water partition coefficient (Wildman–Crippen LogP) is 5.27. The van der Waals surface area contributed by atoms with E-state index in [-0.39, 0.29) is 13.9 Å². The molecule has 39 heavy (non-hydrogen) atoms. The van der Waals surface area contributed by atoms with Crippen molar-refractivity contribution in [3.05, 3.63) is 99.8 Å². The largest absolute Gasteiger partial charge is 0.418 e. The van der Waals surface area contributed by atoms with Gasteiger partial charge in [0, 0.05) is 0 Å². The molecule has 0 atom stereocenters. The van der Waals surface area contributed by atoms with E-state index in [4.69, 9.17) is 0 Å². The van der Waals surface area contributed by atoms with Gasteiger partial charge in [0.15, 0.2) is 11.5 Å². The summed E-state index contributed by atoms with van der Waals surface area (Å²) >= 11 is 0. The minimum atomic E-state index is -4.81. The highest BCUT2D eigenvalue weighted by molar-refractivity contribution is 7.93. The zero-order chi connectivity index (χ0) is 28.6. The zero-order valence-corrected chi connectivity index (χ0v) is 21.9. The molecular weight excluding hydrogens is 559 g/mol. The molecular formula is C24H20F3N5O5S2. The van der Waals surface area contributed by atoms with Gasteiger partial charge in [-0.3, -0.25) is 9.52 Å². The second-order valence-corrected chi connectivity index (χ2v) is 11.8. The summed E-state index contributed by atoms with van der Waals surface area (Å²) in [5.41, 5.74) is -2.47. The Bertz CT molecular complexity index is 1830. The molecule has 1 aromatic heterocycles. The van der Waals surface area contributed by atoms with Crippen molar-refractivity contribution in [3.8, 4) is 0 Å². The Morgan fingerprint density at radius 3 is 1.90 bits per heavy atom. The number of aromatic nitrogens is 2. The number of rotatable bonds is 7. The number of azo groups is 1. The van der Waals surface area contributed by atoms with E-state index in [9.17, 15) is 34.8 Å². The molecule has 2 N–H and O–H groups in total. The SMILES string of the molecule is Cc1ccc(S(=O)(=O)Nc2c(N=Nc3ccccc3C(F)(F)F)c(=O)[nH]n2S(=O)(=O)c2ccc(C)cc2)cc1. The molecule has 10 nitrogen and oxygen atoms in total. The summed E-state index contributed by atoms with van der Waals surface area (Å²) in [6.45, 7) is 3.44. The van der Waals surface area contributed by atoms with Crippen molar-refractivity contribution in [2.45, 2.75) is 29.8 Å². The molecule has 0 saturated carbocycles. The van der Waals surface area contributed by atoms with Crippen LogP contribution in [0.15, 0.2) is 97.6 Å². The van der Waals surface area contributed by atoms with Crippen molar-refractivity contribution in [1.82, 2.24) is 9.19 Å². The molecule has 204 valence electrons. The van der Waals surface area contributed by atoms with Crippen LogP contribution in [-0.2, 0) is 26.2 Å². The number of hydrogen-bond acceptors (Lipinski definition) is 7. The summed E-state index contributed by atoms with van der Waals surface area (Å²) in [6, 6.07) is 15.0. The minimum Gasteiger partial charge on any atom is -0.265 e. The van der Waals surface area contributed by atoms with Crippen LogP contribution in [0, 0.1) is 13.8 Å². The lowest BCUT2D eigenvalue weighted by Crippen LogP contribution is -2.21. The van der Waals surface area contributed by atoms with Crippen LogP contribution < -0.4 is 10.3 Å². The number of nitrogens with one attached hydrogen (secondary N) is 2. The molecule has 1 heterocycles. The third-order valence-corrected chi connectivity index (χ3v) is 8.41. The topological polar surface area (TPSA) is 143 Å². The summed E-state index contributed by atoms with van der Waals surface area (Å²) in [6.07, 6.45) is -4.81. The second-order valence-electron chi connectivity index (χ2n) is 8.35. The number of anilines is 1. The van der Waals surface area contributed by atoms with Crippen molar-refractivity contribution < 1.29 is 30.0 Å². The first kappa shape index (κ1) is 27.8. The maximum absolute atomic E-state index is 13.4. The molecule has 0 amide bonds. The quantitative estimate of drug-likeness (QED) is 0.287. The van der Waals surface area contributed by atoms with E-state index in [0.717, 1.165) is 29.3 Å². The molecule has 0 radical (unpaired) electrons. The first-order valence-corrected chi connectivity index (χ1v) is 14.0. The normalized spacial score (nSPS) is 12.6. The number of sulfonamides is 1. The minimum absolute atomic E-state index is 0.260. The Morgan fingerprint density at radius 1 is 0.795 bits per heavy atom. The average molecular weight is 580 g/mol. The highest BCUT2D eigenvalue weighted by Crippen LogP contribution is 2.37. The molecule has 0 saturated heterocycles. The first-order valence-electron chi connectivity index (χ1n) is 11.0. The van der Waals surface area contributed by atoms with Crippen LogP contribution in [0.2, 0.25) is 0 Å². The zero-order valence-electron chi connectivity index (χ0n) is 20.3. The molecule has 0 bridgehead atoms. The van der Waals surface area contributed by atoms with Gasteiger partial charge in [-0.25, -0.2) is 13.5 Å². The fraction of sp³-hybridized carbons (Fsp3) is 0.125. The number of nitrogens with zero attached hydrogens (tertiary/aromatic N) is 3. The van der Waals surface area contributed by atoms with Crippen molar-refractivity contribution >= 4 is 37.2 Å². The first-order chi connectivity index (χ1) is 18.2. The molecule has 0 aliphatic heterocycles. The smallest absolute Gasteiger partial charge is 0.265 e. The summed E-state index contributed by atoms with van der Waals surface area (Å²) in [4.78, 5) is 12.2. The third-order valence-electron chi connectivity index (χ3n) is 5.43. The van der Waals surface area contributed by atoms with Crippen molar-refractivity contribution in [2.24, 2.45) is 10.2 Å². The van der Waals surface area contributed by atoms with Crippen molar-refractivity contribution in [2.75, 3.05) is 4.72 Å². The van der Waals surface area contributed by atoms with Gasteiger partial charge in [-0.05, 0) is 50.2 Å². The van der Waals surface area contributed by atoms with Crippen LogP contribution in [0.3, 0.4) is 0 Å². The van der Waals surface area contributed by atoms with E-state index >= 15 is 0 Å². The van der Waals surface area contributed by atoms with Gasteiger partial charge in [-0.15, -0.1) is 10.2 Å². The standard InChI is InChI=1S/C24H20F3N5O5S2/c1-15-7-11-17(12-8-15)38(34,35)31-22-21(29-28-20-6-4-3-5-19(20)24(25,26)27)23(33)30-32(22)39(36,37)18-13-9-16(2)10-14-18/h3-14,31H,1-2H3,(H,30,33). The summed E-state index contributed by atoms with van der Waals surface area (Å²) in [5.74, 6) is -0.866. The van der Waals surface area contributed by atoms with E-state index < -0.39 is 54.5 Å². The van der Waals surface area contributed by atoms with Crippen LogP contribution in [0.1, 0.15) is 16.7 Å². The van der Waals surface area contributed by atoms with Crippen LogP contribution in [0.5, 0.6) is 0 Å². The Labute approximate surface area is 220 Å². The van der Waals surface area contributed by atoms with E-state index in [1.54, 1.807) is 13.8 Å². The molecule has 0 aliphatic carbocycles. The van der Waals surface area contributed by atoms with Gasteiger partial charge in [-0.2, -0.15) is 25.7 Å². The fourth-order valence-corrected chi connectivity index (χ4v) is 5.77. The lowest BCUT2D eigenvalue weighted by molar-refractivity contribution is -0.137. The number of hydrogen-bond donors (Lipinski definition) is 2. The van der Waals surface area contributed by atoms with Crippen LogP contribution >= 0.6 is 0 Å². The number of aromatic amines is 1. The van der Waals surface area contributed by atoms with Gasteiger partial charge < -0.3 is 0 Å². The van der Waals surface area contributed by atoms with Gasteiger partial charge in [0.2, 0.25) is 0 Å². The van der Waals surface area contributed by atoms with E-state index in [2.05, 4.69) is 10.2 Å². The molecule has 4 rings (SSSR count). The molecule has 3 aromatic carbocycles. The maximum Gasteiger partial charge on any atom is 0.418 e. The Morgan fingerprint density at radius 2 is 1.33 bits per heavy atom. The Hall–Kier alpha value is -4.24. The number of aryl methyl sites for hydroxylation is 2. The van der Waals surface area contributed by atoms with Crippen LogP contribution in [-0.4, -0.2) is 26.0 Å². The van der Waals surface area contributed by atoms with Crippen LogP contribution in [0.4, 0.5) is 30.4 Å². The van der Waals surface area contributed by atoms with E-state index in [1.807, 2.05) is 9.82 Å². The molecule has 0 aliphatic rings. The molecule has 0 spiro atoms. The van der Waals surface area contributed by atoms with E-state index in [1.165, 1.54) is 54.6 Å². The van der Waals surface area contributed by atoms with Crippen LogP contribution in [0.25, 0.3) is 0 Å². The molecule has 4 aromatic rings. The van der Waals surface area contributed by atoms with Gasteiger partial charge in [0.1, 0.15) is 0 Å². The summed E-state index contributed by atoms with van der Waals surface area (Å²) < 4.78 is 95.6. The lowest BCUT2D eigenvalue weighted by atomic mass is 10.2. The third kappa shape index (κ3) is 5.78. The van der Waals surface area contributed by atoms with Gasteiger partial charge in [0.25, 0.3) is 25.6 Å². The maximum atomic E-state index is 13.4. The monoisotopic (exact) mass is 579 g/mol. The molecule has 0 fully saturated rings. The Balaban J connectivity index is 1.91. The Kier molecular flexibility index (Phi) is 7.23. The molecule has 15 heteroatoms. The van der Waals surface area contributed by atoms with Gasteiger partial charge >= 0.3 is 6.18 Å². The number of benzene rings is 3. The fourth-order valence-electron chi connectivity index (χ4n) is 3.39. The number of halogens is 3. The van der Waals surface area contributed by atoms with Crippen molar-refractivity contribution in [3.63, 3.8) is 0 Å². The molecule has 0 unspecified atom stereocenters. The lowest BCUT2D eigenvalue weighted by Gasteiger charge is -2.13. The highest BCUT2D eigenvalue weighted by atomic mass is 32.2. The van der Waals surface area contributed by atoms with E-state index in [0.29, 0.717) is 0 Å². The second kappa shape index (κ2) is 10.1. The van der Waals surface area contributed by atoms with Gasteiger partial charge in [-0.1, -0.05) is 47.5 Å². The predicted molar refractivity (Wildman–Crippen MR) is 136 cm³/mol. The van der Waals surface area contributed by atoms with Gasteiger partial charge in [0.05, 0.1) is 21.0 Å². The summed E-state index contributed by atoms with van der Waals surface area (Å²) in [7, 11) is -9.11. The van der Waals surface area contributed by atoms with Crippen molar-refractivity contribution in [1.29, 1.82) is 0 Å². The number of H-pyrrole nitrogens is 1. The highest BCUT2D eigenvalue weighted by Gasteiger charge is 2.34. The average Bonchev–Trinajstić information content (AvgIpc) is 3.17. The summed E-state index contributed by atoms with van der Waals surface area (Å²) in [5, 5.41) is 9.05. The number of alkyl halides is 3.